The molecule has 1 amide bonds. The fourth-order valence-electron chi connectivity index (χ4n) is 2.22. The SMILES string of the molecule is O=C(O)COc1ccc(/C=C2/SC(=S)N(c3ccccc3)C2=O)cc1. The van der Waals surface area contributed by atoms with Gasteiger partial charge in [0.2, 0.25) is 0 Å². The Morgan fingerprint density at radius 3 is 2.48 bits per heavy atom. The number of anilines is 1. The van der Waals surface area contributed by atoms with Crippen molar-refractivity contribution in [2.24, 2.45) is 0 Å². The second kappa shape index (κ2) is 7.50. The smallest absolute Gasteiger partial charge is 0.341 e. The highest BCUT2D eigenvalue weighted by Crippen LogP contribution is 2.35. The highest BCUT2D eigenvalue weighted by atomic mass is 32.2. The number of aliphatic carboxylic acids is 1. The van der Waals surface area contributed by atoms with Gasteiger partial charge in [-0.15, -0.1) is 0 Å². The van der Waals surface area contributed by atoms with E-state index >= 15 is 0 Å². The number of ether oxygens (including phenoxy) is 1. The van der Waals surface area contributed by atoms with E-state index in [0.29, 0.717) is 15.0 Å². The van der Waals surface area contributed by atoms with Crippen LogP contribution < -0.4 is 9.64 Å². The lowest BCUT2D eigenvalue weighted by Gasteiger charge is -2.13. The van der Waals surface area contributed by atoms with Crippen molar-refractivity contribution >= 4 is 51.9 Å². The molecule has 0 atom stereocenters. The highest BCUT2D eigenvalue weighted by molar-refractivity contribution is 8.27. The van der Waals surface area contributed by atoms with Crippen molar-refractivity contribution in [1.82, 2.24) is 0 Å². The summed E-state index contributed by atoms with van der Waals surface area (Å²) in [7, 11) is 0. The minimum Gasteiger partial charge on any atom is -0.482 e. The minimum absolute atomic E-state index is 0.160. The Hall–Kier alpha value is -2.64. The molecule has 1 fully saturated rings. The fourth-order valence-corrected chi connectivity index (χ4v) is 3.52. The van der Waals surface area contributed by atoms with E-state index in [9.17, 15) is 9.59 Å². The first-order valence-corrected chi connectivity index (χ1v) is 8.55. The topological polar surface area (TPSA) is 66.8 Å². The van der Waals surface area contributed by atoms with Crippen LogP contribution in [-0.2, 0) is 9.59 Å². The van der Waals surface area contributed by atoms with Gasteiger partial charge in [0.25, 0.3) is 5.91 Å². The van der Waals surface area contributed by atoms with Crippen LogP contribution in [0.4, 0.5) is 5.69 Å². The molecule has 0 radical (unpaired) electrons. The van der Waals surface area contributed by atoms with E-state index in [1.807, 2.05) is 30.3 Å². The molecule has 3 rings (SSSR count). The second-order valence-electron chi connectivity index (χ2n) is 5.10. The Balaban J connectivity index is 1.77. The number of thiocarbonyl (C=S) groups is 1. The van der Waals surface area contributed by atoms with E-state index in [1.165, 1.54) is 16.7 Å². The predicted molar refractivity (Wildman–Crippen MR) is 102 cm³/mol. The van der Waals surface area contributed by atoms with E-state index in [4.69, 9.17) is 22.1 Å². The number of carboxylic acid groups (broad SMARTS) is 1. The first-order chi connectivity index (χ1) is 12.0. The average molecular weight is 371 g/mol. The van der Waals surface area contributed by atoms with E-state index in [2.05, 4.69) is 0 Å². The lowest BCUT2D eigenvalue weighted by atomic mass is 10.2. The summed E-state index contributed by atoms with van der Waals surface area (Å²) in [5, 5.41) is 8.60. The molecule has 7 heteroatoms. The Bertz CT molecular complexity index is 847. The van der Waals surface area contributed by atoms with Crippen LogP contribution in [0.1, 0.15) is 5.56 Å². The molecule has 1 N–H and O–H groups in total. The lowest BCUT2D eigenvalue weighted by molar-refractivity contribution is -0.139. The van der Waals surface area contributed by atoms with Crippen molar-refractivity contribution in [3.63, 3.8) is 0 Å². The van der Waals surface area contributed by atoms with Gasteiger partial charge in [-0.3, -0.25) is 9.69 Å². The first-order valence-electron chi connectivity index (χ1n) is 7.32. The van der Waals surface area contributed by atoms with Gasteiger partial charge >= 0.3 is 5.97 Å². The molecule has 0 spiro atoms. The van der Waals surface area contributed by atoms with Gasteiger partial charge in [0.1, 0.15) is 5.75 Å². The average Bonchev–Trinajstić information content (AvgIpc) is 2.88. The maximum absolute atomic E-state index is 12.6. The highest BCUT2D eigenvalue weighted by Gasteiger charge is 2.33. The van der Waals surface area contributed by atoms with E-state index < -0.39 is 12.6 Å². The van der Waals surface area contributed by atoms with E-state index in [1.54, 1.807) is 30.3 Å². The summed E-state index contributed by atoms with van der Waals surface area (Å²) in [6.07, 6.45) is 1.75. The molecular weight excluding hydrogens is 358 g/mol. The van der Waals surface area contributed by atoms with Gasteiger partial charge in [0.05, 0.1) is 10.6 Å². The molecule has 1 saturated heterocycles. The Labute approximate surface area is 153 Å². The second-order valence-corrected chi connectivity index (χ2v) is 6.78. The van der Waals surface area contributed by atoms with Crippen molar-refractivity contribution in [3.05, 3.63) is 65.1 Å². The minimum atomic E-state index is -1.03. The standard InChI is InChI=1S/C18H13NO4S2/c20-16(21)11-23-14-8-6-12(7-9-14)10-15-17(22)19(18(24)25-15)13-4-2-1-3-5-13/h1-10H,11H2,(H,20,21)/b15-10+. The zero-order chi connectivity index (χ0) is 17.8. The number of carboxylic acids is 1. The van der Waals surface area contributed by atoms with Crippen molar-refractivity contribution in [2.45, 2.75) is 0 Å². The molecule has 126 valence electrons. The molecular formula is C18H13NO4S2. The summed E-state index contributed by atoms with van der Waals surface area (Å²) in [4.78, 5) is 25.2. The molecule has 25 heavy (non-hydrogen) atoms. The number of amides is 1. The van der Waals surface area contributed by atoms with Crippen molar-refractivity contribution in [2.75, 3.05) is 11.5 Å². The summed E-state index contributed by atoms with van der Waals surface area (Å²) < 4.78 is 5.57. The summed E-state index contributed by atoms with van der Waals surface area (Å²) in [5.74, 6) is -0.738. The molecule has 1 aliphatic heterocycles. The third-order valence-corrected chi connectivity index (χ3v) is 4.65. The molecule has 1 aliphatic rings. The molecule has 2 aromatic carbocycles. The molecule has 0 aliphatic carbocycles. The summed E-state index contributed by atoms with van der Waals surface area (Å²) in [6.45, 7) is -0.394. The number of rotatable bonds is 5. The largest absolute Gasteiger partial charge is 0.482 e. The van der Waals surface area contributed by atoms with Gasteiger partial charge in [-0.2, -0.15) is 0 Å². The number of hydrogen-bond acceptors (Lipinski definition) is 5. The van der Waals surface area contributed by atoms with Crippen LogP contribution in [0.3, 0.4) is 0 Å². The van der Waals surface area contributed by atoms with Crippen molar-refractivity contribution in [1.29, 1.82) is 0 Å². The number of para-hydroxylation sites is 1. The maximum atomic E-state index is 12.6. The van der Waals surface area contributed by atoms with Gasteiger partial charge in [-0.25, -0.2) is 4.79 Å². The predicted octanol–water partition coefficient (Wildman–Crippen LogP) is 3.56. The van der Waals surface area contributed by atoms with Gasteiger partial charge in [0, 0.05) is 0 Å². The zero-order valence-electron chi connectivity index (χ0n) is 12.9. The Kier molecular flexibility index (Phi) is 5.16. The van der Waals surface area contributed by atoms with Crippen LogP contribution in [-0.4, -0.2) is 27.9 Å². The maximum Gasteiger partial charge on any atom is 0.341 e. The summed E-state index contributed by atoms with van der Waals surface area (Å²) in [6, 6.07) is 16.1. The normalized spacial score (nSPS) is 15.7. The molecule has 1 heterocycles. The third-order valence-electron chi connectivity index (χ3n) is 3.35. The Morgan fingerprint density at radius 1 is 1.16 bits per heavy atom. The molecule has 0 saturated carbocycles. The van der Waals surface area contributed by atoms with Crippen LogP contribution in [0.25, 0.3) is 6.08 Å². The number of nitrogens with zero attached hydrogens (tertiary/aromatic N) is 1. The molecule has 0 bridgehead atoms. The first kappa shape index (κ1) is 17.2. The van der Waals surface area contributed by atoms with Crippen molar-refractivity contribution in [3.8, 4) is 5.75 Å². The molecule has 0 unspecified atom stereocenters. The number of hydrogen-bond donors (Lipinski definition) is 1. The van der Waals surface area contributed by atoms with Crippen LogP contribution >= 0.6 is 24.0 Å². The fraction of sp³-hybridized carbons (Fsp3) is 0.0556. The number of carbonyl (C=O) groups is 2. The van der Waals surface area contributed by atoms with Crippen LogP contribution in [0, 0.1) is 0 Å². The van der Waals surface area contributed by atoms with Gasteiger partial charge in [0.15, 0.2) is 10.9 Å². The van der Waals surface area contributed by atoms with Crippen LogP contribution in [0.2, 0.25) is 0 Å². The summed E-state index contributed by atoms with van der Waals surface area (Å²) >= 11 is 6.57. The van der Waals surface area contributed by atoms with Crippen molar-refractivity contribution < 1.29 is 19.4 Å². The third kappa shape index (κ3) is 4.07. The van der Waals surface area contributed by atoms with Crippen LogP contribution in [0.15, 0.2) is 59.5 Å². The van der Waals surface area contributed by atoms with Gasteiger partial charge < -0.3 is 9.84 Å². The number of benzene rings is 2. The van der Waals surface area contributed by atoms with E-state index in [-0.39, 0.29) is 5.91 Å². The van der Waals surface area contributed by atoms with E-state index in [0.717, 1.165) is 11.3 Å². The quantitative estimate of drug-likeness (QED) is 0.640. The molecule has 0 aromatic heterocycles. The van der Waals surface area contributed by atoms with Crippen LogP contribution in [0.5, 0.6) is 5.75 Å². The van der Waals surface area contributed by atoms with Gasteiger partial charge in [-0.05, 0) is 35.9 Å². The monoisotopic (exact) mass is 371 g/mol. The number of thioether (sulfide) groups is 1. The summed E-state index contributed by atoms with van der Waals surface area (Å²) in [5.41, 5.74) is 1.54. The molecule has 2 aromatic rings. The van der Waals surface area contributed by atoms with Gasteiger partial charge in [-0.1, -0.05) is 54.3 Å². The zero-order valence-corrected chi connectivity index (χ0v) is 14.5. The molecule has 5 nitrogen and oxygen atoms in total. The lowest BCUT2D eigenvalue weighted by Crippen LogP contribution is -2.27. The number of carbonyl (C=O) groups excluding carboxylic acids is 1. The Morgan fingerprint density at radius 2 is 1.84 bits per heavy atom.